The van der Waals surface area contributed by atoms with Crippen LogP contribution in [0.4, 0.5) is 4.39 Å². The zero-order chi connectivity index (χ0) is 18.7. The molecule has 1 atom stereocenters. The molecule has 0 saturated carbocycles. The fourth-order valence-electron chi connectivity index (χ4n) is 2.98. The number of pyridine rings is 1. The molecule has 3 aromatic rings. The van der Waals surface area contributed by atoms with Gasteiger partial charge in [-0.25, -0.2) is 4.39 Å². The van der Waals surface area contributed by atoms with Gasteiger partial charge in [-0.15, -0.1) is 0 Å². The van der Waals surface area contributed by atoms with Gasteiger partial charge in [0.15, 0.2) is 0 Å². The Morgan fingerprint density at radius 1 is 1.19 bits per heavy atom. The minimum Gasteiger partial charge on any atom is -0.508 e. The van der Waals surface area contributed by atoms with Crippen molar-refractivity contribution in [2.45, 2.75) is 19.3 Å². The third-order valence-corrected chi connectivity index (χ3v) is 4.39. The second-order valence-corrected chi connectivity index (χ2v) is 6.22. The maximum atomic E-state index is 13.9. The van der Waals surface area contributed by atoms with Crippen molar-refractivity contribution in [3.8, 4) is 16.9 Å². The van der Waals surface area contributed by atoms with E-state index in [1.54, 1.807) is 42.6 Å². The summed E-state index contributed by atoms with van der Waals surface area (Å²) in [5.41, 5.74) is 9.17. The van der Waals surface area contributed by atoms with Gasteiger partial charge >= 0.3 is 0 Å². The highest BCUT2D eigenvalue weighted by atomic mass is 19.1. The monoisotopic (exact) mass is 350 g/mol. The summed E-state index contributed by atoms with van der Waals surface area (Å²) in [5.74, 6) is -1.42. The predicted molar refractivity (Wildman–Crippen MR) is 98.1 cm³/mol. The van der Waals surface area contributed by atoms with E-state index in [1.165, 1.54) is 6.07 Å². The normalized spacial score (nSPS) is 11.9. The van der Waals surface area contributed by atoms with Gasteiger partial charge in [0.25, 0.3) is 0 Å². The molecule has 1 amide bonds. The Morgan fingerprint density at radius 2 is 1.96 bits per heavy atom. The minimum absolute atomic E-state index is 0.159. The number of carbonyl (C=O) groups is 1. The number of phenols is 1. The van der Waals surface area contributed by atoms with E-state index in [0.717, 1.165) is 16.7 Å². The molecule has 132 valence electrons. The van der Waals surface area contributed by atoms with E-state index < -0.39 is 11.8 Å². The van der Waals surface area contributed by atoms with E-state index in [0.29, 0.717) is 11.3 Å². The van der Waals surface area contributed by atoms with E-state index in [2.05, 4.69) is 4.98 Å². The molecule has 1 aromatic heterocycles. The molecule has 0 spiro atoms. The van der Waals surface area contributed by atoms with Crippen LogP contribution in [-0.2, 0) is 11.2 Å². The fourth-order valence-corrected chi connectivity index (χ4v) is 2.98. The summed E-state index contributed by atoms with van der Waals surface area (Å²) in [5, 5.41) is 9.53. The number of hydrogen-bond donors (Lipinski definition) is 2. The smallest absolute Gasteiger partial charge is 0.226 e. The molecule has 2 aromatic carbocycles. The van der Waals surface area contributed by atoms with Crippen molar-refractivity contribution in [2.24, 2.45) is 5.73 Å². The SMILES string of the molecule is Cc1cc(O)ccc1-c1ccc(C(Cc2ccccc2F)C(N)=O)nc1. The van der Waals surface area contributed by atoms with E-state index in [1.807, 2.05) is 19.1 Å². The van der Waals surface area contributed by atoms with Crippen molar-refractivity contribution in [2.75, 3.05) is 0 Å². The van der Waals surface area contributed by atoms with Crippen LogP contribution in [0.5, 0.6) is 5.75 Å². The van der Waals surface area contributed by atoms with Gasteiger partial charge in [-0.3, -0.25) is 9.78 Å². The van der Waals surface area contributed by atoms with Gasteiger partial charge in [0.05, 0.1) is 11.6 Å². The highest BCUT2D eigenvalue weighted by molar-refractivity contribution is 5.82. The number of carbonyl (C=O) groups excluding carboxylic acids is 1. The second-order valence-electron chi connectivity index (χ2n) is 6.22. The van der Waals surface area contributed by atoms with Crippen molar-refractivity contribution in [1.29, 1.82) is 0 Å². The zero-order valence-electron chi connectivity index (χ0n) is 14.3. The largest absolute Gasteiger partial charge is 0.508 e. The number of primary amides is 1. The Balaban J connectivity index is 1.89. The van der Waals surface area contributed by atoms with E-state index in [-0.39, 0.29) is 18.0 Å². The topological polar surface area (TPSA) is 76.2 Å². The van der Waals surface area contributed by atoms with Gasteiger partial charge in [-0.1, -0.05) is 30.3 Å². The van der Waals surface area contributed by atoms with Gasteiger partial charge in [0.1, 0.15) is 11.6 Å². The molecule has 0 aliphatic rings. The van der Waals surface area contributed by atoms with Crippen LogP contribution < -0.4 is 5.73 Å². The van der Waals surface area contributed by atoms with Gasteiger partial charge in [0, 0.05) is 11.8 Å². The molecule has 1 heterocycles. The summed E-state index contributed by atoms with van der Waals surface area (Å²) >= 11 is 0. The molecule has 1 unspecified atom stereocenters. The van der Waals surface area contributed by atoms with Crippen LogP contribution in [0.2, 0.25) is 0 Å². The van der Waals surface area contributed by atoms with Crippen LogP contribution in [0.3, 0.4) is 0 Å². The number of aryl methyl sites for hydroxylation is 1. The van der Waals surface area contributed by atoms with E-state index in [4.69, 9.17) is 5.73 Å². The average molecular weight is 350 g/mol. The number of aromatic nitrogens is 1. The second kappa shape index (κ2) is 7.35. The van der Waals surface area contributed by atoms with E-state index >= 15 is 0 Å². The van der Waals surface area contributed by atoms with Crippen LogP contribution in [0.15, 0.2) is 60.8 Å². The number of halogens is 1. The highest BCUT2D eigenvalue weighted by Crippen LogP contribution is 2.28. The molecule has 3 N–H and O–H groups in total. The van der Waals surface area contributed by atoms with Gasteiger partial charge in [-0.2, -0.15) is 0 Å². The standard InChI is InChI=1S/C21H19FN2O2/c1-13-10-16(25)7-8-17(13)15-6-9-20(24-12-15)18(21(23)26)11-14-4-2-3-5-19(14)22/h2-10,12,18,25H,11H2,1H3,(H2,23,26). The Kier molecular flexibility index (Phi) is 4.98. The van der Waals surface area contributed by atoms with E-state index in [9.17, 15) is 14.3 Å². The maximum absolute atomic E-state index is 13.9. The Bertz CT molecular complexity index is 939. The molecule has 0 saturated heterocycles. The maximum Gasteiger partial charge on any atom is 0.226 e. The van der Waals surface area contributed by atoms with Gasteiger partial charge < -0.3 is 10.8 Å². The van der Waals surface area contributed by atoms with Crippen molar-refractivity contribution in [3.63, 3.8) is 0 Å². The molecule has 3 rings (SSSR count). The summed E-state index contributed by atoms with van der Waals surface area (Å²) in [7, 11) is 0. The summed E-state index contributed by atoms with van der Waals surface area (Å²) < 4.78 is 13.9. The summed E-state index contributed by atoms with van der Waals surface area (Å²) in [6, 6.07) is 15.0. The predicted octanol–water partition coefficient (Wildman–Crippen LogP) is 3.71. The third kappa shape index (κ3) is 3.72. The van der Waals surface area contributed by atoms with Crippen LogP contribution in [0.1, 0.15) is 22.7 Å². The van der Waals surface area contributed by atoms with Crippen LogP contribution in [-0.4, -0.2) is 16.0 Å². The molecular formula is C21H19FN2O2. The molecular weight excluding hydrogens is 331 g/mol. The molecule has 4 nitrogen and oxygen atoms in total. The number of benzene rings is 2. The Morgan fingerprint density at radius 3 is 2.58 bits per heavy atom. The number of rotatable bonds is 5. The van der Waals surface area contributed by atoms with Crippen LogP contribution in [0, 0.1) is 12.7 Å². The summed E-state index contributed by atoms with van der Waals surface area (Å²) in [4.78, 5) is 16.3. The lowest BCUT2D eigenvalue weighted by molar-refractivity contribution is -0.119. The number of nitrogens with two attached hydrogens (primary N) is 1. The molecule has 5 heteroatoms. The molecule has 0 fully saturated rings. The zero-order valence-corrected chi connectivity index (χ0v) is 14.3. The summed E-state index contributed by atoms with van der Waals surface area (Å²) in [6.45, 7) is 1.90. The number of amides is 1. The lowest BCUT2D eigenvalue weighted by Gasteiger charge is -2.14. The fraction of sp³-hybridized carbons (Fsp3) is 0.143. The first-order valence-corrected chi connectivity index (χ1v) is 8.24. The average Bonchev–Trinajstić information content (AvgIpc) is 2.61. The molecule has 26 heavy (non-hydrogen) atoms. The van der Waals surface area contributed by atoms with Crippen molar-refractivity contribution >= 4 is 5.91 Å². The first-order chi connectivity index (χ1) is 12.5. The van der Waals surface area contributed by atoms with Crippen molar-refractivity contribution in [3.05, 3.63) is 83.4 Å². The van der Waals surface area contributed by atoms with Crippen molar-refractivity contribution < 1.29 is 14.3 Å². The molecule has 0 bridgehead atoms. The minimum atomic E-state index is -0.707. The van der Waals surface area contributed by atoms with Crippen LogP contribution >= 0.6 is 0 Å². The first kappa shape index (κ1) is 17.6. The first-order valence-electron chi connectivity index (χ1n) is 8.24. The Hall–Kier alpha value is -3.21. The summed E-state index contributed by atoms with van der Waals surface area (Å²) in [6.07, 6.45) is 1.82. The Labute approximate surface area is 151 Å². The quantitative estimate of drug-likeness (QED) is 0.736. The van der Waals surface area contributed by atoms with Gasteiger partial charge in [-0.05, 0) is 54.3 Å². The lowest BCUT2D eigenvalue weighted by Crippen LogP contribution is -2.24. The number of nitrogens with zero attached hydrogens (tertiary/aromatic N) is 1. The molecule has 0 aliphatic carbocycles. The molecule has 0 aliphatic heterocycles. The lowest BCUT2D eigenvalue weighted by atomic mass is 9.93. The van der Waals surface area contributed by atoms with Gasteiger partial charge in [0.2, 0.25) is 5.91 Å². The highest BCUT2D eigenvalue weighted by Gasteiger charge is 2.21. The van der Waals surface area contributed by atoms with Crippen LogP contribution in [0.25, 0.3) is 11.1 Å². The molecule has 0 radical (unpaired) electrons. The number of phenolic OH excluding ortho intramolecular Hbond substituents is 1. The van der Waals surface area contributed by atoms with Crippen molar-refractivity contribution in [1.82, 2.24) is 4.98 Å². The number of aromatic hydroxyl groups is 1. The third-order valence-electron chi connectivity index (χ3n) is 4.39. The number of hydrogen-bond acceptors (Lipinski definition) is 3.